The van der Waals surface area contributed by atoms with Crippen molar-refractivity contribution in [2.24, 2.45) is 5.92 Å². The predicted molar refractivity (Wildman–Crippen MR) is 82.4 cm³/mol. The molecule has 0 aromatic carbocycles. The molecule has 5 nitrogen and oxygen atoms in total. The second-order valence-corrected chi connectivity index (χ2v) is 6.56. The third-order valence-electron chi connectivity index (χ3n) is 3.69. The Hall–Kier alpha value is -1.43. The summed E-state index contributed by atoms with van der Waals surface area (Å²) >= 11 is 1.57. The highest BCUT2D eigenvalue weighted by molar-refractivity contribution is 7.15. The molecule has 1 atom stereocenters. The number of ether oxygens (including phenoxy) is 1. The summed E-state index contributed by atoms with van der Waals surface area (Å²) < 4.78 is 4.63. The molecule has 0 fully saturated rings. The molecule has 0 spiro atoms. The number of rotatable bonds is 4. The van der Waals surface area contributed by atoms with Crippen LogP contribution in [0.3, 0.4) is 0 Å². The third kappa shape index (κ3) is 4.52. The average molecular weight is 310 g/mol. The molecule has 1 heterocycles. The van der Waals surface area contributed by atoms with Crippen LogP contribution in [0.25, 0.3) is 0 Å². The summed E-state index contributed by atoms with van der Waals surface area (Å²) in [5, 5.41) is 3.47. The summed E-state index contributed by atoms with van der Waals surface area (Å²) in [6.45, 7) is 1.69. The molecule has 21 heavy (non-hydrogen) atoms. The van der Waals surface area contributed by atoms with Crippen LogP contribution < -0.4 is 5.32 Å². The van der Waals surface area contributed by atoms with Gasteiger partial charge in [0.25, 0.3) is 0 Å². The van der Waals surface area contributed by atoms with E-state index in [-0.39, 0.29) is 18.3 Å². The molecule has 2 rings (SSSR count). The van der Waals surface area contributed by atoms with Gasteiger partial charge in [-0.15, -0.1) is 11.3 Å². The summed E-state index contributed by atoms with van der Waals surface area (Å²) in [6, 6.07) is 0. The first-order chi connectivity index (χ1) is 10.1. The molecular formula is C15H22N2O3S. The van der Waals surface area contributed by atoms with Crippen molar-refractivity contribution in [1.29, 1.82) is 0 Å². The summed E-state index contributed by atoms with van der Waals surface area (Å²) in [4.78, 5) is 29.1. The fourth-order valence-electron chi connectivity index (χ4n) is 2.49. The Labute approximate surface area is 129 Å². The lowest BCUT2D eigenvalue weighted by atomic mass is 10.0. The van der Waals surface area contributed by atoms with Crippen LogP contribution >= 0.6 is 11.3 Å². The molecule has 0 saturated heterocycles. The summed E-state index contributed by atoms with van der Waals surface area (Å²) in [7, 11) is 1.33. The number of hydrogen-bond donors (Lipinski definition) is 1. The van der Waals surface area contributed by atoms with Crippen LogP contribution in [-0.2, 0) is 27.2 Å². The van der Waals surface area contributed by atoms with Crippen molar-refractivity contribution in [2.75, 3.05) is 12.4 Å². The van der Waals surface area contributed by atoms with E-state index in [1.165, 1.54) is 37.7 Å². The lowest BCUT2D eigenvalue weighted by molar-refractivity contribution is -0.146. The van der Waals surface area contributed by atoms with E-state index in [9.17, 15) is 9.59 Å². The first-order valence-electron chi connectivity index (χ1n) is 7.46. The standard InChI is InChI=1S/C15H22N2O3S/c1-10(14(19)20-2)9-13(18)17-15-16-11-7-5-3-4-6-8-12(11)21-15/h10H,3-9H2,1-2H3,(H,16,17,18)/t10-/m0/s1. The zero-order valence-corrected chi connectivity index (χ0v) is 13.4. The van der Waals surface area contributed by atoms with Gasteiger partial charge in [-0.05, 0) is 25.7 Å². The summed E-state index contributed by atoms with van der Waals surface area (Å²) in [6.07, 6.45) is 7.08. The Morgan fingerprint density at radius 1 is 1.29 bits per heavy atom. The second-order valence-electron chi connectivity index (χ2n) is 5.48. The third-order valence-corrected chi connectivity index (χ3v) is 4.76. The van der Waals surface area contributed by atoms with Gasteiger partial charge in [0.2, 0.25) is 5.91 Å². The Bertz CT molecular complexity index is 488. The van der Waals surface area contributed by atoms with Crippen molar-refractivity contribution < 1.29 is 14.3 Å². The van der Waals surface area contributed by atoms with Crippen LogP contribution in [0.4, 0.5) is 5.13 Å². The minimum absolute atomic E-state index is 0.122. The molecule has 1 aromatic rings. The van der Waals surface area contributed by atoms with E-state index in [1.807, 2.05) is 0 Å². The Morgan fingerprint density at radius 3 is 2.71 bits per heavy atom. The number of methoxy groups -OCH3 is 1. The number of nitrogens with one attached hydrogen (secondary N) is 1. The Morgan fingerprint density at radius 2 is 2.00 bits per heavy atom. The lowest BCUT2D eigenvalue weighted by Gasteiger charge is -2.07. The molecule has 1 aromatic heterocycles. The highest BCUT2D eigenvalue weighted by atomic mass is 32.1. The zero-order valence-electron chi connectivity index (χ0n) is 12.6. The van der Waals surface area contributed by atoms with E-state index >= 15 is 0 Å². The molecule has 6 heteroatoms. The van der Waals surface area contributed by atoms with Gasteiger partial charge in [-0.2, -0.15) is 0 Å². The zero-order chi connectivity index (χ0) is 15.2. The molecule has 1 aliphatic carbocycles. The number of fused-ring (bicyclic) bond motifs is 1. The van der Waals surface area contributed by atoms with Crippen LogP contribution in [0.15, 0.2) is 0 Å². The number of thiazole rings is 1. The minimum Gasteiger partial charge on any atom is -0.469 e. The maximum absolute atomic E-state index is 11.9. The highest BCUT2D eigenvalue weighted by Gasteiger charge is 2.19. The van der Waals surface area contributed by atoms with Gasteiger partial charge in [0.05, 0.1) is 18.7 Å². The monoisotopic (exact) mass is 310 g/mol. The number of anilines is 1. The normalized spacial score (nSPS) is 16.3. The van der Waals surface area contributed by atoms with Gasteiger partial charge < -0.3 is 10.1 Å². The number of hydrogen-bond acceptors (Lipinski definition) is 5. The van der Waals surface area contributed by atoms with Crippen molar-refractivity contribution in [1.82, 2.24) is 4.98 Å². The van der Waals surface area contributed by atoms with E-state index in [0.29, 0.717) is 5.13 Å². The van der Waals surface area contributed by atoms with Crippen LogP contribution in [-0.4, -0.2) is 24.0 Å². The van der Waals surface area contributed by atoms with Crippen molar-refractivity contribution in [3.05, 3.63) is 10.6 Å². The van der Waals surface area contributed by atoms with Crippen LogP contribution in [0.1, 0.15) is 49.6 Å². The number of amides is 1. The van der Waals surface area contributed by atoms with Gasteiger partial charge in [0.1, 0.15) is 0 Å². The van der Waals surface area contributed by atoms with Crippen LogP contribution in [0.5, 0.6) is 0 Å². The van der Waals surface area contributed by atoms with Gasteiger partial charge in [-0.1, -0.05) is 19.8 Å². The van der Waals surface area contributed by atoms with E-state index < -0.39 is 5.92 Å². The molecule has 0 unspecified atom stereocenters. The number of carbonyl (C=O) groups is 2. The fourth-order valence-corrected chi connectivity index (χ4v) is 3.56. The lowest BCUT2D eigenvalue weighted by Crippen LogP contribution is -2.21. The fraction of sp³-hybridized carbons (Fsp3) is 0.667. The van der Waals surface area contributed by atoms with E-state index in [1.54, 1.807) is 18.3 Å². The maximum Gasteiger partial charge on any atom is 0.308 e. The highest BCUT2D eigenvalue weighted by Crippen LogP contribution is 2.28. The predicted octanol–water partition coefficient (Wildman–Crippen LogP) is 2.94. The number of nitrogens with zero attached hydrogens (tertiary/aromatic N) is 1. The van der Waals surface area contributed by atoms with Gasteiger partial charge in [0, 0.05) is 11.3 Å². The van der Waals surface area contributed by atoms with E-state index in [2.05, 4.69) is 15.0 Å². The number of carbonyl (C=O) groups excluding carboxylic acids is 2. The summed E-state index contributed by atoms with van der Waals surface area (Å²) in [5.41, 5.74) is 1.14. The van der Waals surface area contributed by atoms with Crippen molar-refractivity contribution >= 4 is 28.3 Å². The minimum atomic E-state index is -0.434. The molecule has 0 radical (unpaired) electrons. The largest absolute Gasteiger partial charge is 0.469 e. The molecule has 0 aliphatic heterocycles. The van der Waals surface area contributed by atoms with E-state index in [0.717, 1.165) is 18.5 Å². The number of aryl methyl sites for hydroxylation is 2. The molecule has 1 amide bonds. The second kappa shape index (κ2) is 7.54. The van der Waals surface area contributed by atoms with Gasteiger partial charge in [0.15, 0.2) is 5.13 Å². The molecular weight excluding hydrogens is 288 g/mol. The van der Waals surface area contributed by atoms with Crippen molar-refractivity contribution in [2.45, 2.75) is 51.9 Å². The number of esters is 1. The van der Waals surface area contributed by atoms with Gasteiger partial charge in [-0.3, -0.25) is 9.59 Å². The van der Waals surface area contributed by atoms with Crippen molar-refractivity contribution in [3.63, 3.8) is 0 Å². The maximum atomic E-state index is 11.9. The first-order valence-corrected chi connectivity index (χ1v) is 8.28. The smallest absolute Gasteiger partial charge is 0.308 e. The number of aromatic nitrogens is 1. The molecule has 0 saturated carbocycles. The van der Waals surface area contributed by atoms with Crippen LogP contribution in [0.2, 0.25) is 0 Å². The Kier molecular flexibility index (Phi) is 5.73. The topological polar surface area (TPSA) is 68.3 Å². The SMILES string of the molecule is COC(=O)[C@@H](C)CC(=O)Nc1nc2c(s1)CCCCCC2. The molecule has 1 N–H and O–H groups in total. The van der Waals surface area contributed by atoms with Gasteiger partial charge >= 0.3 is 5.97 Å². The molecule has 0 bridgehead atoms. The quantitative estimate of drug-likeness (QED) is 0.868. The molecule has 116 valence electrons. The van der Waals surface area contributed by atoms with Crippen molar-refractivity contribution in [3.8, 4) is 0 Å². The first kappa shape index (κ1) is 15.9. The van der Waals surface area contributed by atoms with Gasteiger partial charge in [-0.25, -0.2) is 4.98 Å². The average Bonchev–Trinajstić information content (AvgIpc) is 2.78. The molecule has 1 aliphatic rings. The summed E-state index contributed by atoms with van der Waals surface area (Å²) in [5.74, 6) is -0.984. The Balaban J connectivity index is 1.95. The van der Waals surface area contributed by atoms with E-state index in [4.69, 9.17) is 0 Å². The van der Waals surface area contributed by atoms with Crippen LogP contribution in [0, 0.1) is 5.92 Å².